The predicted molar refractivity (Wildman–Crippen MR) is 69.1 cm³/mol. The number of benzene rings is 1. The fourth-order valence-corrected chi connectivity index (χ4v) is 1.83. The first kappa shape index (κ1) is 15.5. The van der Waals surface area contributed by atoms with Gasteiger partial charge >= 0.3 is 6.18 Å². The molecule has 2 N–H and O–H groups in total. The van der Waals surface area contributed by atoms with Gasteiger partial charge in [0.2, 0.25) is 0 Å². The molecule has 0 radical (unpaired) electrons. The molecule has 0 spiro atoms. The summed E-state index contributed by atoms with van der Waals surface area (Å²) in [6, 6.07) is 4.67. The van der Waals surface area contributed by atoms with Crippen molar-refractivity contribution in [2.24, 2.45) is 7.05 Å². The number of aliphatic hydroxyl groups excluding tert-OH is 1. The van der Waals surface area contributed by atoms with Crippen molar-refractivity contribution < 1.29 is 18.3 Å². The van der Waals surface area contributed by atoms with Gasteiger partial charge < -0.3 is 15.0 Å². The van der Waals surface area contributed by atoms with Crippen LogP contribution in [0.15, 0.2) is 30.6 Å². The van der Waals surface area contributed by atoms with Crippen molar-refractivity contribution >= 4 is 0 Å². The Hall–Kier alpha value is -1.93. The van der Waals surface area contributed by atoms with Gasteiger partial charge in [-0.3, -0.25) is 0 Å². The largest absolute Gasteiger partial charge is 0.416 e. The van der Waals surface area contributed by atoms with Gasteiger partial charge in [-0.15, -0.1) is 10.2 Å². The summed E-state index contributed by atoms with van der Waals surface area (Å²) in [6.45, 7) is 0.487. The third-order valence-corrected chi connectivity index (χ3v) is 3.02. The van der Waals surface area contributed by atoms with Crippen LogP contribution in [0.5, 0.6) is 0 Å². The molecule has 1 unspecified atom stereocenters. The molecule has 0 aliphatic rings. The van der Waals surface area contributed by atoms with E-state index in [1.165, 1.54) is 12.1 Å². The molecule has 2 aromatic rings. The SMILES string of the molecule is Cn1cnnc1CNCC(O)c1cccc(C(F)(F)F)c1. The fourth-order valence-electron chi connectivity index (χ4n) is 1.83. The Balaban J connectivity index is 1.94. The molecule has 0 aliphatic heterocycles. The standard InChI is InChI=1S/C13H15F3N4O/c1-20-8-18-19-12(20)7-17-6-11(21)9-3-2-4-10(5-9)13(14,15)16/h2-5,8,11,17,21H,6-7H2,1H3. The minimum absolute atomic E-state index is 0.119. The van der Waals surface area contributed by atoms with Crippen LogP contribution in [0.2, 0.25) is 0 Å². The van der Waals surface area contributed by atoms with Gasteiger partial charge in [-0.05, 0) is 17.7 Å². The molecule has 0 fully saturated rings. The van der Waals surface area contributed by atoms with Crippen LogP contribution in [-0.4, -0.2) is 26.4 Å². The summed E-state index contributed by atoms with van der Waals surface area (Å²) in [5.41, 5.74) is -0.553. The molecule has 1 heterocycles. The second kappa shape index (κ2) is 6.23. The zero-order valence-electron chi connectivity index (χ0n) is 11.3. The number of hydrogen-bond acceptors (Lipinski definition) is 4. The first-order valence-electron chi connectivity index (χ1n) is 6.26. The Morgan fingerprint density at radius 1 is 1.38 bits per heavy atom. The van der Waals surface area contributed by atoms with Gasteiger partial charge in [-0.1, -0.05) is 12.1 Å². The molecule has 0 bridgehead atoms. The minimum atomic E-state index is -4.41. The highest BCUT2D eigenvalue weighted by Gasteiger charge is 2.30. The molecule has 1 aromatic carbocycles. The molecule has 5 nitrogen and oxygen atoms in total. The maximum atomic E-state index is 12.6. The van der Waals surface area contributed by atoms with E-state index < -0.39 is 17.8 Å². The number of rotatable bonds is 5. The van der Waals surface area contributed by atoms with E-state index in [1.54, 1.807) is 17.9 Å². The number of nitrogens with zero attached hydrogens (tertiary/aromatic N) is 3. The maximum absolute atomic E-state index is 12.6. The van der Waals surface area contributed by atoms with Crippen molar-refractivity contribution in [2.45, 2.75) is 18.8 Å². The minimum Gasteiger partial charge on any atom is -0.387 e. The van der Waals surface area contributed by atoms with E-state index in [0.29, 0.717) is 12.4 Å². The zero-order chi connectivity index (χ0) is 15.5. The highest BCUT2D eigenvalue weighted by atomic mass is 19.4. The molecule has 1 atom stereocenters. The summed E-state index contributed by atoms with van der Waals surface area (Å²) in [6.07, 6.45) is -3.90. The van der Waals surface area contributed by atoms with E-state index in [-0.39, 0.29) is 12.1 Å². The number of nitrogens with one attached hydrogen (secondary N) is 1. The monoisotopic (exact) mass is 300 g/mol. The van der Waals surface area contributed by atoms with Crippen LogP contribution in [0, 0.1) is 0 Å². The van der Waals surface area contributed by atoms with E-state index in [9.17, 15) is 18.3 Å². The van der Waals surface area contributed by atoms with Crippen molar-refractivity contribution in [3.8, 4) is 0 Å². The van der Waals surface area contributed by atoms with Gasteiger partial charge in [-0.2, -0.15) is 13.2 Å². The van der Waals surface area contributed by atoms with E-state index >= 15 is 0 Å². The quantitative estimate of drug-likeness (QED) is 0.881. The molecular formula is C13H15F3N4O. The summed E-state index contributed by atoms with van der Waals surface area (Å²) in [5.74, 6) is 0.672. The summed E-state index contributed by atoms with van der Waals surface area (Å²) in [7, 11) is 1.78. The number of alkyl halides is 3. The first-order valence-corrected chi connectivity index (χ1v) is 6.26. The topological polar surface area (TPSA) is 63.0 Å². The first-order chi connectivity index (χ1) is 9.88. The lowest BCUT2D eigenvalue weighted by atomic mass is 10.1. The van der Waals surface area contributed by atoms with Crippen molar-refractivity contribution in [2.75, 3.05) is 6.54 Å². The van der Waals surface area contributed by atoms with E-state index in [1.807, 2.05) is 0 Å². The van der Waals surface area contributed by atoms with E-state index in [0.717, 1.165) is 12.1 Å². The van der Waals surface area contributed by atoms with Crippen LogP contribution in [-0.2, 0) is 19.8 Å². The van der Waals surface area contributed by atoms with Crippen molar-refractivity contribution in [1.29, 1.82) is 0 Å². The van der Waals surface area contributed by atoms with Crippen molar-refractivity contribution in [1.82, 2.24) is 20.1 Å². The Labute approximate surface area is 119 Å². The van der Waals surface area contributed by atoms with Crippen LogP contribution >= 0.6 is 0 Å². The van der Waals surface area contributed by atoms with Crippen LogP contribution in [0.3, 0.4) is 0 Å². The molecule has 1 aromatic heterocycles. The third kappa shape index (κ3) is 4.02. The average molecular weight is 300 g/mol. The van der Waals surface area contributed by atoms with Crippen LogP contribution in [0.1, 0.15) is 23.1 Å². The molecule has 0 aliphatic carbocycles. The van der Waals surface area contributed by atoms with Gasteiger partial charge in [0.15, 0.2) is 0 Å². The lowest BCUT2D eigenvalue weighted by Gasteiger charge is -2.14. The normalized spacial score (nSPS) is 13.4. The smallest absolute Gasteiger partial charge is 0.387 e. The number of aromatic nitrogens is 3. The van der Waals surface area contributed by atoms with Gasteiger partial charge in [0.05, 0.1) is 18.2 Å². The summed E-state index contributed by atoms with van der Waals surface area (Å²) in [5, 5.41) is 20.4. The van der Waals surface area contributed by atoms with Gasteiger partial charge in [0.1, 0.15) is 12.2 Å². The number of aryl methyl sites for hydroxylation is 1. The Morgan fingerprint density at radius 3 is 2.76 bits per heavy atom. The van der Waals surface area contributed by atoms with Gasteiger partial charge in [-0.25, -0.2) is 0 Å². The molecule has 2 rings (SSSR count). The van der Waals surface area contributed by atoms with Crippen LogP contribution in [0.4, 0.5) is 13.2 Å². The highest BCUT2D eigenvalue weighted by Crippen LogP contribution is 2.30. The Morgan fingerprint density at radius 2 is 2.14 bits per heavy atom. The maximum Gasteiger partial charge on any atom is 0.416 e. The lowest BCUT2D eigenvalue weighted by Crippen LogP contribution is -2.23. The predicted octanol–water partition coefficient (Wildman–Crippen LogP) is 1.66. The zero-order valence-corrected chi connectivity index (χ0v) is 11.3. The average Bonchev–Trinajstić information content (AvgIpc) is 2.83. The molecule has 0 saturated carbocycles. The second-order valence-electron chi connectivity index (χ2n) is 4.63. The summed E-state index contributed by atoms with van der Waals surface area (Å²) >= 11 is 0. The number of aliphatic hydroxyl groups is 1. The lowest BCUT2D eigenvalue weighted by molar-refractivity contribution is -0.137. The molecule has 0 amide bonds. The summed E-state index contributed by atoms with van der Waals surface area (Å²) < 4.78 is 39.5. The van der Waals surface area contributed by atoms with Gasteiger partial charge in [0.25, 0.3) is 0 Å². The second-order valence-corrected chi connectivity index (χ2v) is 4.63. The van der Waals surface area contributed by atoms with Crippen molar-refractivity contribution in [3.63, 3.8) is 0 Å². The van der Waals surface area contributed by atoms with E-state index in [4.69, 9.17) is 0 Å². The van der Waals surface area contributed by atoms with Crippen LogP contribution < -0.4 is 5.32 Å². The summed E-state index contributed by atoms with van der Waals surface area (Å²) in [4.78, 5) is 0. The third-order valence-electron chi connectivity index (χ3n) is 3.02. The number of hydrogen-bond donors (Lipinski definition) is 2. The van der Waals surface area contributed by atoms with Crippen molar-refractivity contribution in [3.05, 3.63) is 47.5 Å². The Kier molecular flexibility index (Phi) is 4.59. The number of halogens is 3. The van der Waals surface area contributed by atoms with E-state index in [2.05, 4.69) is 15.5 Å². The fraction of sp³-hybridized carbons (Fsp3) is 0.385. The molecule has 21 heavy (non-hydrogen) atoms. The van der Waals surface area contributed by atoms with Gasteiger partial charge in [0, 0.05) is 13.6 Å². The highest BCUT2D eigenvalue weighted by molar-refractivity contribution is 5.27. The molecule has 8 heteroatoms. The molecule has 114 valence electrons. The molecular weight excluding hydrogens is 285 g/mol. The molecule has 0 saturated heterocycles. The van der Waals surface area contributed by atoms with Crippen LogP contribution in [0.25, 0.3) is 0 Å². The Bertz CT molecular complexity index is 597.